The largest absolute Gasteiger partial charge is 0.378 e. The lowest BCUT2D eigenvalue weighted by molar-refractivity contribution is -0.139. The highest BCUT2D eigenvalue weighted by atomic mass is 35.5. The molecule has 4 rings (SSSR count). The van der Waals surface area contributed by atoms with Crippen LogP contribution in [0.2, 0.25) is 10.0 Å². The fourth-order valence-corrected chi connectivity index (χ4v) is 3.98. The predicted molar refractivity (Wildman–Crippen MR) is 121 cm³/mol. The fourth-order valence-electron chi connectivity index (χ4n) is 3.66. The van der Waals surface area contributed by atoms with Crippen LogP contribution in [0.3, 0.4) is 0 Å². The second kappa shape index (κ2) is 10.4. The lowest BCUT2D eigenvalue weighted by atomic mass is 10.1. The van der Waals surface area contributed by atoms with Crippen molar-refractivity contribution in [2.75, 3.05) is 26.3 Å². The molecule has 1 unspecified atom stereocenters. The maximum absolute atomic E-state index is 13.2. The maximum Gasteiger partial charge on any atom is 0.258 e. The number of hydrogen-bond donors (Lipinski definition) is 1. The van der Waals surface area contributed by atoms with E-state index < -0.39 is 6.04 Å². The summed E-state index contributed by atoms with van der Waals surface area (Å²) in [5.41, 5.74) is 4.88. The van der Waals surface area contributed by atoms with Gasteiger partial charge >= 0.3 is 0 Å². The van der Waals surface area contributed by atoms with Gasteiger partial charge in [0.15, 0.2) is 0 Å². The highest BCUT2D eigenvalue weighted by Crippen LogP contribution is 2.26. The molecule has 32 heavy (non-hydrogen) atoms. The maximum atomic E-state index is 13.2. The molecule has 0 spiro atoms. The quantitative estimate of drug-likeness (QED) is 0.645. The number of carbonyl (C=O) groups excluding carboxylic acids is 2. The molecule has 0 saturated carbocycles. The van der Waals surface area contributed by atoms with E-state index in [-0.39, 0.29) is 18.4 Å². The Labute approximate surface area is 196 Å². The number of halogens is 2. The first-order valence-electron chi connectivity index (χ1n) is 10.3. The van der Waals surface area contributed by atoms with Gasteiger partial charge in [-0.25, -0.2) is 0 Å². The van der Waals surface area contributed by atoms with Crippen LogP contribution < -0.4 is 5.48 Å². The highest BCUT2D eigenvalue weighted by Gasteiger charge is 2.38. The standard InChI is InChI=1S/C23H23Cl2N3O4/c24-19-7-6-16(12-20(19)25)15-32-26-18-13-21(23(30)27-8-10-31-11-9-27)28(14-18)22(29)17-4-2-1-3-5-17/h1-7,12,14,21,26H,8-11,13,15H2. The third-order valence-electron chi connectivity index (χ3n) is 5.33. The zero-order chi connectivity index (χ0) is 22.5. The Kier molecular flexibility index (Phi) is 7.32. The Hall–Kier alpha value is -2.58. The van der Waals surface area contributed by atoms with Gasteiger partial charge in [-0.3, -0.25) is 19.9 Å². The van der Waals surface area contributed by atoms with Crippen LogP contribution in [0, 0.1) is 0 Å². The molecule has 1 atom stereocenters. The van der Waals surface area contributed by atoms with Gasteiger partial charge in [-0.1, -0.05) is 47.5 Å². The smallest absolute Gasteiger partial charge is 0.258 e. The van der Waals surface area contributed by atoms with Crippen LogP contribution in [-0.4, -0.2) is 54.0 Å². The molecular formula is C23H23Cl2N3O4. The molecule has 1 N–H and O–H groups in total. The summed E-state index contributed by atoms with van der Waals surface area (Å²) in [6.07, 6.45) is 1.98. The van der Waals surface area contributed by atoms with Crippen molar-refractivity contribution >= 4 is 35.0 Å². The number of hydrogen-bond acceptors (Lipinski definition) is 5. The molecule has 2 aliphatic rings. The summed E-state index contributed by atoms with van der Waals surface area (Å²) in [4.78, 5) is 35.2. The Morgan fingerprint density at radius 1 is 1.06 bits per heavy atom. The normalized spacial score (nSPS) is 18.4. The topological polar surface area (TPSA) is 71.1 Å². The number of nitrogens with zero attached hydrogens (tertiary/aromatic N) is 2. The van der Waals surface area contributed by atoms with Gasteiger partial charge in [0.05, 0.1) is 35.6 Å². The van der Waals surface area contributed by atoms with Crippen LogP contribution in [0.1, 0.15) is 22.3 Å². The van der Waals surface area contributed by atoms with E-state index >= 15 is 0 Å². The van der Waals surface area contributed by atoms with E-state index in [4.69, 9.17) is 32.8 Å². The fraction of sp³-hybridized carbons (Fsp3) is 0.304. The lowest BCUT2D eigenvalue weighted by Gasteiger charge is -2.32. The van der Waals surface area contributed by atoms with E-state index in [1.54, 1.807) is 47.5 Å². The second-order valence-electron chi connectivity index (χ2n) is 7.53. The zero-order valence-electron chi connectivity index (χ0n) is 17.3. The van der Waals surface area contributed by atoms with Gasteiger partial charge in [-0.15, -0.1) is 0 Å². The molecule has 7 nitrogen and oxygen atoms in total. The average molecular weight is 476 g/mol. The van der Waals surface area contributed by atoms with Crippen molar-refractivity contribution in [1.82, 2.24) is 15.3 Å². The number of ether oxygens (including phenoxy) is 1. The molecule has 0 aliphatic carbocycles. The molecule has 2 heterocycles. The first-order valence-corrected chi connectivity index (χ1v) is 11.0. The molecular weight excluding hydrogens is 453 g/mol. The predicted octanol–water partition coefficient (Wildman–Crippen LogP) is 3.63. The lowest BCUT2D eigenvalue weighted by Crippen LogP contribution is -2.50. The number of rotatable bonds is 6. The Bertz CT molecular complexity index is 1010. The van der Waals surface area contributed by atoms with Crippen LogP contribution in [-0.2, 0) is 21.0 Å². The Morgan fingerprint density at radius 3 is 2.53 bits per heavy atom. The number of hydroxylamine groups is 1. The van der Waals surface area contributed by atoms with Gasteiger partial charge in [0.1, 0.15) is 6.04 Å². The second-order valence-corrected chi connectivity index (χ2v) is 8.34. The zero-order valence-corrected chi connectivity index (χ0v) is 18.8. The molecule has 0 bridgehead atoms. The van der Waals surface area contributed by atoms with Gasteiger partial charge in [0.25, 0.3) is 5.91 Å². The third-order valence-corrected chi connectivity index (χ3v) is 6.07. The van der Waals surface area contributed by atoms with Crippen LogP contribution in [0.15, 0.2) is 60.4 Å². The van der Waals surface area contributed by atoms with Crippen LogP contribution in [0.5, 0.6) is 0 Å². The molecule has 9 heteroatoms. The van der Waals surface area contributed by atoms with Crippen molar-refractivity contribution in [2.24, 2.45) is 0 Å². The van der Waals surface area contributed by atoms with Crippen molar-refractivity contribution in [2.45, 2.75) is 19.1 Å². The van der Waals surface area contributed by atoms with Gasteiger partial charge in [0.2, 0.25) is 5.91 Å². The molecule has 1 saturated heterocycles. The third kappa shape index (κ3) is 5.24. The van der Waals surface area contributed by atoms with Crippen LogP contribution >= 0.6 is 23.2 Å². The molecule has 0 radical (unpaired) electrons. The average Bonchev–Trinajstić information content (AvgIpc) is 3.25. The van der Waals surface area contributed by atoms with E-state index in [0.29, 0.717) is 54.0 Å². The number of carbonyl (C=O) groups is 2. The minimum Gasteiger partial charge on any atom is -0.378 e. The van der Waals surface area contributed by atoms with Crippen LogP contribution in [0.25, 0.3) is 0 Å². The molecule has 1 fully saturated rings. The van der Waals surface area contributed by atoms with E-state index in [2.05, 4.69) is 5.48 Å². The summed E-state index contributed by atoms with van der Waals surface area (Å²) in [5.74, 6) is -0.339. The van der Waals surface area contributed by atoms with Crippen molar-refractivity contribution in [1.29, 1.82) is 0 Å². The minimum atomic E-state index is -0.642. The van der Waals surface area contributed by atoms with E-state index in [1.807, 2.05) is 12.1 Å². The Balaban J connectivity index is 1.46. The van der Waals surface area contributed by atoms with Crippen molar-refractivity contribution < 1.29 is 19.2 Å². The van der Waals surface area contributed by atoms with Crippen molar-refractivity contribution in [3.8, 4) is 0 Å². The van der Waals surface area contributed by atoms with Crippen molar-refractivity contribution in [3.05, 3.63) is 81.6 Å². The molecule has 2 amide bonds. The molecule has 2 aromatic rings. The Morgan fingerprint density at radius 2 is 1.81 bits per heavy atom. The van der Waals surface area contributed by atoms with Gasteiger partial charge < -0.3 is 14.5 Å². The summed E-state index contributed by atoms with van der Waals surface area (Å²) in [5, 5.41) is 0.921. The molecule has 168 valence electrons. The minimum absolute atomic E-state index is 0.102. The SMILES string of the molecule is O=C(C1CC(NOCc2ccc(Cl)c(Cl)c2)=CN1C(=O)c1ccccc1)N1CCOCC1. The van der Waals surface area contributed by atoms with Gasteiger partial charge in [-0.2, -0.15) is 0 Å². The molecule has 2 aliphatic heterocycles. The van der Waals surface area contributed by atoms with Crippen molar-refractivity contribution in [3.63, 3.8) is 0 Å². The first-order chi connectivity index (χ1) is 15.5. The number of benzene rings is 2. The molecule has 2 aromatic carbocycles. The van der Waals surface area contributed by atoms with Crippen LogP contribution in [0.4, 0.5) is 0 Å². The summed E-state index contributed by atoms with van der Waals surface area (Å²) < 4.78 is 5.35. The van der Waals surface area contributed by atoms with E-state index in [1.165, 1.54) is 4.90 Å². The van der Waals surface area contributed by atoms with Gasteiger partial charge in [-0.05, 0) is 29.8 Å². The highest BCUT2D eigenvalue weighted by molar-refractivity contribution is 6.42. The number of amides is 2. The van der Waals surface area contributed by atoms with E-state index in [0.717, 1.165) is 5.56 Å². The molecule has 0 aromatic heterocycles. The van der Waals surface area contributed by atoms with Gasteiger partial charge in [0, 0.05) is 31.3 Å². The van der Waals surface area contributed by atoms with E-state index in [9.17, 15) is 9.59 Å². The summed E-state index contributed by atoms with van der Waals surface area (Å²) in [6, 6.07) is 13.5. The summed E-state index contributed by atoms with van der Waals surface area (Å²) >= 11 is 12.0. The monoisotopic (exact) mass is 475 g/mol. The first kappa shape index (κ1) is 22.6. The summed E-state index contributed by atoms with van der Waals surface area (Å²) in [6.45, 7) is 2.26. The number of nitrogens with one attached hydrogen (secondary N) is 1. The number of morpholine rings is 1. The summed E-state index contributed by atoms with van der Waals surface area (Å²) in [7, 11) is 0.